The van der Waals surface area contributed by atoms with Crippen molar-refractivity contribution in [3.8, 4) is 22.1 Å². The number of hydrogen-bond donors (Lipinski definition) is 0. The number of nitrogens with zero attached hydrogens (tertiary/aromatic N) is 8. The molecule has 196 valence electrons. The molecule has 0 radical (unpaired) electrons. The number of benzene rings is 2. The average Bonchev–Trinajstić information content (AvgIpc) is 3.67. The molecule has 0 aliphatic carbocycles. The quantitative estimate of drug-likeness (QED) is 0.156. The van der Waals surface area contributed by atoms with Crippen molar-refractivity contribution < 1.29 is 14.3 Å². The topological polar surface area (TPSA) is 160 Å². The van der Waals surface area contributed by atoms with E-state index in [0.717, 1.165) is 11.3 Å². The monoisotopic (exact) mass is 544 g/mol. The SMILES string of the molecule is CC(=NN=c1sc(-c2ccco2)nn1-c1ccc([N+](=O)[O-])cc1)c1c(C)nn(-c2ccc([N+](=O)[O-])cc2)c1C. The molecule has 39 heavy (non-hydrogen) atoms. The first-order valence-corrected chi connectivity index (χ1v) is 12.3. The maximum atomic E-state index is 11.1. The lowest BCUT2D eigenvalue weighted by Gasteiger charge is -2.05. The molecule has 14 heteroatoms. The molecule has 0 aliphatic heterocycles. The van der Waals surface area contributed by atoms with Gasteiger partial charge in [0.2, 0.25) is 4.80 Å². The number of rotatable bonds is 7. The maximum absolute atomic E-state index is 11.1. The van der Waals surface area contributed by atoms with Gasteiger partial charge in [-0.2, -0.15) is 15.3 Å². The highest BCUT2D eigenvalue weighted by Crippen LogP contribution is 2.23. The Labute approximate surface area is 224 Å². The van der Waals surface area contributed by atoms with Crippen LogP contribution in [0.25, 0.3) is 22.1 Å². The molecule has 2 aromatic carbocycles. The fourth-order valence-electron chi connectivity index (χ4n) is 4.03. The molecule has 0 atom stereocenters. The summed E-state index contributed by atoms with van der Waals surface area (Å²) in [5.74, 6) is 0.550. The van der Waals surface area contributed by atoms with Crippen molar-refractivity contribution in [3.63, 3.8) is 0 Å². The molecule has 0 fully saturated rings. The predicted octanol–water partition coefficient (Wildman–Crippen LogP) is 5.14. The minimum Gasteiger partial charge on any atom is -0.462 e. The van der Waals surface area contributed by atoms with Gasteiger partial charge in [-0.3, -0.25) is 20.2 Å². The lowest BCUT2D eigenvalue weighted by Crippen LogP contribution is -2.14. The van der Waals surface area contributed by atoms with E-state index in [1.807, 2.05) is 20.8 Å². The van der Waals surface area contributed by atoms with Gasteiger partial charge < -0.3 is 4.42 Å². The molecule has 0 unspecified atom stereocenters. The van der Waals surface area contributed by atoms with Crippen molar-refractivity contribution >= 4 is 28.4 Å². The van der Waals surface area contributed by atoms with Gasteiger partial charge in [0.15, 0.2) is 10.8 Å². The molecule has 0 spiro atoms. The molecule has 5 rings (SSSR count). The molecule has 0 N–H and O–H groups in total. The van der Waals surface area contributed by atoms with Crippen LogP contribution in [0.1, 0.15) is 23.9 Å². The lowest BCUT2D eigenvalue weighted by molar-refractivity contribution is -0.385. The van der Waals surface area contributed by atoms with Gasteiger partial charge in [-0.1, -0.05) is 11.3 Å². The summed E-state index contributed by atoms with van der Waals surface area (Å²) in [5, 5.41) is 40.8. The number of nitro benzene ring substituents is 2. The van der Waals surface area contributed by atoms with E-state index in [-0.39, 0.29) is 11.4 Å². The second kappa shape index (κ2) is 10.3. The zero-order valence-corrected chi connectivity index (χ0v) is 21.7. The fourth-order valence-corrected chi connectivity index (χ4v) is 4.86. The zero-order chi connectivity index (χ0) is 27.7. The molecule has 0 saturated carbocycles. The van der Waals surface area contributed by atoms with E-state index >= 15 is 0 Å². The summed E-state index contributed by atoms with van der Waals surface area (Å²) in [7, 11) is 0. The molecule has 3 heterocycles. The van der Waals surface area contributed by atoms with E-state index in [4.69, 9.17) is 4.42 Å². The summed E-state index contributed by atoms with van der Waals surface area (Å²) >= 11 is 1.25. The summed E-state index contributed by atoms with van der Waals surface area (Å²) in [6, 6.07) is 15.6. The van der Waals surface area contributed by atoms with Crippen LogP contribution in [-0.2, 0) is 0 Å². The summed E-state index contributed by atoms with van der Waals surface area (Å²) in [6.07, 6.45) is 1.54. The van der Waals surface area contributed by atoms with Gasteiger partial charge in [-0.25, -0.2) is 9.36 Å². The van der Waals surface area contributed by atoms with Gasteiger partial charge in [-0.05, 0) is 57.2 Å². The molecular weight excluding hydrogens is 524 g/mol. The van der Waals surface area contributed by atoms with Gasteiger partial charge in [0.05, 0.1) is 44.6 Å². The minimum absolute atomic E-state index is 0.00292. The third-order valence-electron chi connectivity index (χ3n) is 5.84. The van der Waals surface area contributed by atoms with Gasteiger partial charge >= 0.3 is 0 Å². The smallest absolute Gasteiger partial charge is 0.269 e. The lowest BCUT2D eigenvalue weighted by atomic mass is 10.1. The highest BCUT2D eigenvalue weighted by atomic mass is 32.1. The second-order valence-corrected chi connectivity index (χ2v) is 9.32. The molecule has 3 aromatic heterocycles. The molecule has 5 aromatic rings. The second-order valence-electron chi connectivity index (χ2n) is 8.37. The van der Waals surface area contributed by atoms with Crippen LogP contribution in [0, 0.1) is 34.1 Å². The van der Waals surface area contributed by atoms with Gasteiger partial charge in [0, 0.05) is 29.8 Å². The van der Waals surface area contributed by atoms with Crippen LogP contribution >= 0.6 is 11.3 Å². The van der Waals surface area contributed by atoms with E-state index in [2.05, 4.69) is 20.4 Å². The summed E-state index contributed by atoms with van der Waals surface area (Å²) < 4.78 is 8.73. The Bertz CT molecular complexity index is 1780. The highest BCUT2D eigenvalue weighted by Gasteiger charge is 2.17. The largest absolute Gasteiger partial charge is 0.462 e. The average molecular weight is 545 g/mol. The van der Waals surface area contributed by atoms with Crippen molar-refractivity contribution in [1.82, 2.24) is 19.6 Å². The molecular formula is C25H20N8O5S. The van der Waals surface area contributed by atoms with Crippen molar-refractivity contribution in [2.75, 3.05) is 0 Å². The number of nitro groups is 2. The molecule has 0 saturated heterocycles. The first kappa shape index (κ1) is 25.4. The Morgan fingerprint density at radius 2 is 1.49 bits per heavy atom. The van der Waals surface area contributed by atoms with E-state index in [0.29, 0.717) is 38.3 Å². The number of non-ortho nitro benzene ring substituents is 2. The number of hydrogen-bond acceptors (Lipinski definition) is 10. The standard InChI is InChI=1S/C25H20N8O5S/c1-15(23-16(2)28-30(17(23)3)18-6-10-20(11-7-18)32(34)35)26-27-25-31(19-8-12-21(13-9-19)33(36)37)29-24(39-25)22-5-4-14-38-22/h4-14H,1-3H3. The number of aromatic nitrogens is 4. The van der Waals surface area contributed by atoms with Crippen molar-refractivity contribution in [2.45, 2.75) is 20.8 Å². The van der Waals surface area contributed by atoms with Gasteiger partial charge in [0.1, 0.15) is 0 Å². The Balaban J connectivity index is 1.56. The number of aryl methyl sites for hydroxylation is 1. The maximum Gasteiger partial charge on any atom is 0.269 e. The zero-order valence-electron chi connectivity index (χ0n) is 20.9. The van der Waals surface area contributed by atoms with E-state index in [1.54, 1.807) is 52.0 Å². The fraction of sp³-hybridized carbons (Fsp3) is 0.120. The Kier molecular flexibility index (Phi) is 6.68. The van der Waals surface area contributed by atoms with Crippen molar-refractivity contribution in [2.24, 2.45) is 10.2 Å². The summed E-state index contributed by atoms with van der Waals surface area (Å²) in [4.78, 5) is 21.6. The van der Waals surface area contributed by atoms with Crippen LogP contribution in [0.4, 0.5) is 11.4 Å². The van der Waals surface area contributed by atoms with Crippen LogP contribution in [-0.4, -0.2) is 35.1 Å². The van der Waals surface area contributed by atoms with E-state index in [1.165, 1.54) is 35.6 Å². The first-order valence-electron chi connectivity index (χ1n) is 11.5. The van der Waals surface area contributed by atoms with E-state index in [9.17, 15) is 20.2 Å². The van der Waals surface area contributed by atoms with Crippen LogP contribution in [0.15, 0.2) is 81.5 Å². The summed E-state index contributed by atoms with van der Waals surface area (Å²) in [5.41, 5.74) is 4.10. The van der Waals surface area contributed by atoms with Gasteiger partial charge in [0.25, 0.3) is 11.4 Å². The van der Waals surface area contributed by atoms with Crippen molar-refractivity contribution in [3.05, 3.63) is 109 Å². The predicted molar refractivity (Wildman–Crippen MR) is 143 cm³/mol. The highest BCUT2D eigenvalue weighted by molar-refractivity contribution is 7.12. The molecule has 0 aliphatic rings. The Morgan fingerprint density at radius 1 is 0.897 bits per heavy atom. The van der Waals surface area contributed by atoms with Crippen LogP contribution in [0.3, 0.4) is 0 Å². The summed E-state index contributed by atoms with van der Waals surface area (Å²) in [6.45, 7) is 5.54. The normalized spacial score (nSPS) is 12.2. The third-order valence-corrected chi connectivity index (χ3v) is 6.75. The van der Waals surface area contributed by atoms with Crippen LogP contribution in [0.2, 0.25) is 0 Å². The minimum atomic E-state index is -0.468. The molecule has 0 amide bonds. The number of furan rings is 1. The first-order chi connectivity index (χ1) is 18.7. The van der Waals surface area contributed by atoms with Gasteiger partial charge in [-0.15, -0.1) is 5.10 Å². The van der Waals surface area contributed by atoms with Crippen molar-refractivity contribution in [1.29, 1.82) is 0 Å². The molecule has 13 nitrogen and oxygen atoms in total. The Morgan fingerprint density at radius 3 is 2.03 bits per heavy atom. The third kappa shape index (κ3) is 5.00. The van der Waals surface area contributed by atoms with E-state index < -0.39 is 9.85 Å². The molecule has 0 bridgehead atoms. The van der Waals surface area contributed by atoms with Crippen LogP contribution < -0.4 is 4.80 Å². The van der Waals surface area contributed by atoms with Crippen LogP contribution in [0.5, 0.6) is 0 Å². The Hall–Kier alpha value is -5.24.